The summed E-state index contributed by atoms with van der Waals surface area (Å²) in [6.07, 6.45) is -0.116. The van der Waals surface area contributed by atoms with Gasteiger partial charge in [0.15, 0.2) is 0 Å². The van der Waals surface area contributed by atoms with E-state index >= 15 is 0 Å². The first kappa shape index (κ1) is 5.82. The SMILES string of the molecule is O=C([S])CCF. The minimum Gasteiger partial charge on any atom is -0.282 e. The molecule has 35 valence electrons. The van der Waals surface area contributed by atoms with Gasteiger partial charge in [0.25, 0.3) is 0 Å². The van der Waals surface area contributed by atoms with Crippen molar-refractivity contribution in [3.8, 4) is 0 Å². The molecule has 0 amide bonds. The van der Waals surface area contributed by atoms with Crippen LogP contribution in [0, 0.1) is 0 Å². The van der Waals surface area contributed by atoms with Gasteiger partial charge in [0.1, 0.15) is 0 Å². The van der Waals surface area contributed by atoms with E-state index in [9.17, 15) is 9.18 Å². The van der Waals surface area contributed by atoms with Crippen LogP contribution in [0.4, 0.5) is 4.39 Å². The summed E-state index contributed by atoms with van der Waals surface area (Å²) in [5.41, 5.74) is 0. The Morgan fingerprint density at radius 1 is 1.83 bits per heavy atom. The van der Waals surface area contributed by atoms with Gasteiger partial charge in [-0.15, -0.1) is 0 Å². The molecule has 1 radical (unpaired) electrons. The van der Waals surface area contributed by atoms with Gasteiger partial charge >= 0.3 is 0 Å². The number of halogens is 1. The van der Waals surface area contributed by atoms with Crippen LogP contribution in [0.2, 0.25) is 0 Å². The van der Waals surface area contributed by atoms with Gasteiger partial charge in [0.05, 0.1) is 6.67 Å². The van der Waals surface area contributed by atoms with Crippen molar-refractivity contribution in [1.29, 1.82) is 0 Å². The lowest BCUT2D eigenvalue weighted by molar-refractivity contribution is -0.111. The second-order valence-corrected chi connectivity index (χ2v) is 1.27. The Labute approximate surface area is 41.0 Å². The molecule has 0 N–H and O–H groups in total. The highest BCUT2D eigenvalue weighted by Gasteiger charge is 1.89. The molecular formula is C3H4FOS. The van der Waals surface area contributed by atoms with Crippen LogP contribution in [-0.2, 0) is 4.79 Å². The van der Waals surface area contributed by atoms with Gasteiger partial charge in [-0.3, -0.25) is 9.18 Å². The van der Waals surface area contributed by atoms with Crippen LogP contribution in [0.1, 0.15) is 6.42 Å². The van der Waals surface area contributed by atoms with Crippen LogP contribution >= 0.6 is 12.6 Å². The van der Waals surface area contributed by atoms with Gasteiger partial charge in [-0.25, -0.2) is 0 Å². The summed E-state index contributed by atoms with van der Waals surface area (Å²) in [5, 5.41) is -0.502. The van der Waals surface area contributed by atoms with Crippen LogP contribution in [-0.4, -0.2) is 11.8 Å². The lowest BCUT2D eigenvalue weighted by Crippen LogP contribution is -1.84. The fraction of sp³-hybridized carbons (Fsp3) is 0.667. The summed E-state index contributed by atoms with van der Waals surface area (Å²) in [6.45, 7) is -0.623. The number of hydrogen-bond acceptors (Lipinski definition) is 1. The second-order valence-electron chi connectivity index (χ2n) is 0.811. The van der Waals surface area contributed by atoms with E-state index in [-0.39, 0.29) is 6.42 Å². The maximum atomic E-state index is 11.0. The number of carbonyl (C=O) groups is 1. The standard InChI is InChI=1S/C3H4FOS/c4-2-1-3(5)6/h1-2H2. The van der Waals surface area contributed by atoms with E-state index in [1.54, 1.807) is 0 Å². The molecule has 3 heteroatoms. The Hall–Kier alpha value is -0.180. The Kier molecular flexibility index (Phi) is 2.94. The summed E-state index contributed by atoms with van der Waals surface area (Å²) in [6, 6.07) is 0. The van der Waals surface area contributed by atoms with Gasteiger partial charge in [-0.05, 0) is 12.6 Å². The van der Waals surface area contributed by atoms with Gasteiger partial charge < -0.3 is 0 Å². The summed E-state index contributed by atoms with van der Waals surface area (Å²) < 4.78 is 11.0. The number of rotatable bonds is 2. The van der Waals surface area contributed by atoms with Gasteiger partial charge in [0.2, 0.25) is 5.12 Å². The van der Waals surface area contributed by atoms with Crippen molar-refractivity contribution in [2.24, 2.45) is 0 Å². The van der Waals surface area contributed by atoms with E-state index in [0.29, 0.717) is 0 Å². The molecule has 1 nitrogen and oxygen atoms in total. The third kappa shape index (κ3) is 3.82. The van der Waals surface area contributed by atoms with Crippen LogP contribution in [0.5, 0.6) is 0 Å². The van der Waals surface area contributed by atoms with Gasteiger partial charge in [-0.1, -0.05) is 0 Å². The largest absolute Gasteiger partial charge is 0.282 e. The summed E-state index contributed by atoms with van der Waals surface area (Å²) >= 11 is 4.00. The second kappa shape index (κ2) is 3.03. The molecule has 0 unspecified atom stereocenters. The predicted octanol–water partition coefficient (Wildman–Crippen LogP) is 1.07. The summed E-state index contributed by atoms with van der Waals surface area (Å²) in [5.74, 6) is 0. The van der Waals surface area contributed by atoms with Crippen molar-refractivity contribution >= 4 is 17.7 Å². The molecule has 0 aromatic carbocycles. The van der Waals surface area contributed by atoms with Gasteiger partial charge in [-0.2, -0.15) is 0 Å². The highest BCUT2D eigenvalue weighted by atomic mass is 32.1. The maximum Gasteiger partial charge on any atom is 0.221 e. The molecule has 0 spiro atoms. The van der Waals surface area contributed by atoms with Crippen molar-refractivity contribution in [1.82, 2.24) is 0 Å². The normalized spacial score (nSPS) is 8.17. The third-order valence-electron chi connectivity index (χ3n) is 0.299. The average molecular weight is 107 g/mol. The van der Waals surface area contributed by atoms with Crippen molar-refractivity contribution in [2.75, 3.05) is 6.67 Å². The minimum atomic E-state index is -0.623. The zero-order valence-corrected chi connectivity index (χ0v) is 3.93. The Morgan fingerprint density at radius 3 is 2.33 bits per heavy atom. The van der Waals surface area contributed by atoms with E-state index in [1.165, 1.54) is 0 Å². The third-order valence-corrected chi connectivity index (χ3v) is 0.503. The van der Waals surface area contributed by atoms with Crippen LogP contribution < -0.4 is 0 Å². The smallest absolute Gasteiger partial charge is 0.221 e. The Balaban J connectivity index is 2.83. The Morgan fingerprint density at radius 2 is 2.33 bits per heavy atom. The van der Waals surface area contributed by atoms with Crippen molar-refractivity contribution in [3.63, 3.8) is 0 Å². The monoisotopic (exact) mass is 107 g/mol. The highest BCUT2D eigenvalue weighted by Crippen LogP contribution is 1.85. The molecule has 0 fully saturated rings. The van der Waals surface area contributed by atoms with Crippen molar-refractivity contribution < 1.29 is 9.18 Å². The highest BCUT2D eigenvalue weighted by molar-refractivity contribution is 7.96. The van der Waals surface area contributed by atoms with Crippen molar-refractivity contribution in [3.05, 3.63) is 0 Å². The molecular weight excluding hydrogens is 103 g/mol. The fourth-order valence-corrected chi connectivity index (χ4v) is 0.154. The minimum absolute atomic E-state index is 0.116. The van der Waals surface area contributed by atoms with E-state index < -0.39 is 11.8 Å². The molecule has 0 aromatic rings. The lowest BCUT2D eigenvalue weighted by atomic mass is 10.5. The van der Waals surface area contributed by atoms with E-state index in [4.69, 9.17) is 0 Å². The van der Waals surface area contributed by atoms with Crippen LogP contribution in [0.3, 0.4) is 0 Å². The molecule has 0 bridgehead atoms. The van der Waals surface area contributed by atoms with E-state index in [1.807, 2.05) is 0 Å². The molecule has 0 aliphatic carbocycles. The quantitative estimate of drug-likeness (QED) is 0.516. The molecule has 6 heavy (non-hydrogen) atoms. The van der Waals surface area contributed by atoms with E-state index in [0.717, 1.165) is 0 Å². The first-order valence-corrected chi connectivity index (χ1v) is 1.94. The summed E-state index contributed by atoms with van der Waals surface area (Å²) in [4.78, 5) is 9.62. The number of hydrogen-bond donors (Lipinski definition) is 0. The fourth-order valence-electron chi connectivity index (χ4n) is 0.0772. The molecule has 0 rings (SSSR count). The van der Waals surface area contributed by atoms with E-state index in [2.05, 4.69) is 12.6 Å². The first-order valence-electron chi connectivity index (χ1n) is 1.53. The molecule has 0 saturated carbocycles. The maximum absolute atomic E-state index is 11.0. The zero-order valence-electron chi connectivity index (χ0n) is 3.11. The molecule has 0 heterocycles. The molecule has 0 saturated heterocycles. The molecule has 0 aliphatic heterocycles. The topological polar surface area (TPSA) is 17.1 Å². The van der Waals surface area contributed by atoms with Crippen molar-refractivity contribution in [2.45, 2.75) is 6.42 Å². The zero-order chi connectivity index (χ0) is 4.99. The average Bonchev–Trinajstić information content (AvgIpc) is 1.35. The molecule has 0 aliphatic rings. The van der Waals surface area contributed by atoms with Gasteiger partial charge in [0, 0.05) is 6.42 Å². The molecule has 0 aromatic heterocycles. The van der Waals surface area contributed by atoms with Crippen LogP contribution in [0.15, 0.2) is 0 Å². The first-order chi connectivity index (χ1) is 2.77. The summed E-state index contributed by atoms with van der Waals surface area (Å²) in [7, 11) is 0. The lowest BCUT2D eigenvalue weighted by Gasteiger charge is -1.75. The van der Waals surface area contributed by atoms with Crippen LogP contribution in [0.25, 0.3) is 0 Å². The predicted molar refractivity (Wildman–Crippen MR) is 23.2 cm³/mol. The number of alkyl halides is 1. The molecule has 0 atom stereocenters. The Bertz CT molecular complexity index is 54.8. The number of carbonyl (C=O) groups excluding carboxylic acids is 1.